The summed E-state index contributed by atoms with van der Waals surface area (Å²) in [7, 11) is 0. The van der Waals surface area contributed by atoms with Crippen LogP contribution >= 0.6 is 0 Å². The number of rotatable bonds is 4. The zero-order valence-corrected chi connectivity index (χ0v) is 13.9. The summed E-state index contributed by atoms with van der Waals surface area (Å²) in [6.07, 6.45) is -10.9. The number of ether oxygens (including phenoxy) is 2. The van der Waals surface area contributed by atoms with Gasteiger partial charge in [0.1, 0.15) is 0 Å². The molecular formula is C15H19F7O3. The van der Waals surface area contributed by atoms with Gasteiger partial charge in [-0.2, -0.15) is 30.7 Å². The number of hydrogen-bond acceptors (Lipinski definition) is 3. The van der Waals surface area contributed by atoms with Gasteiger partial charge in [-0.25, -0.2) is 4.79 Å². The topological polar surface area (TPSA) is 35.5 Å². The van der Waals surface area contributed by atoms with E-state index in [1.54, 1.807) is 6.92 Å². The molecule has 0 aromatic rings. The average Bonchev–Trinajstić information content (AvgIpc) is 2.75. The van der Waals surface area contributed by atoms with E-state index in [1.807, 2.05) is 13.8 Å². The van der Waals surface area contributed by atoms with Crippen LogP contribution in [0.1, 0.15) is 40.0 Å². The zero-order valence-electron chi connectivity index (χ0n) is 13.9. The van der Waals surface area contributed by atoms with Gasteiger partial charge < -0.3 is 9.47 Å². The van der Waals surface area contributed by atoms with Crippen molar-refractivity contribution in [1.82, 2.24) is 0 Å². The van der Waals surface area contributed by atoms with E-state index in [-0.39, 0.29) is 12.3 Å². The molecule has 25 heavy (non-hydrogen) atoms. The molecule has 2 aliphatic carbocycles. The third-order valence-corrected chi connectivity index (χ3v) is 6.01. The van der Waals surface area contributed by atoms with E-state index in [2.05, 4.69) is 9.47 Å². The Kier molecular flexibility index (Phi) is 4.63. The molecule has 0 radical (unpaired) electrons. The van der Waals surface area contributed by atoms with Crippen LogP contribution < -0.4 is 0 Å². The number of esters is 1. The summed E-state index contributed by atoms with van der Waals surface area (Å²) in [6, 6.07) is 0. The van der Waals surface area contributed by atoms with Gasteiger partial charge in [-0.1, -0.05) is 20.8 Å². The van der Waals surface area contributed by atoms with Gasteiger partial charge in [0.25, 0.3) is 0 Å². The second kappa shape index (κ2) is 5.72. The lowest BCUT2D eigenvalue weighted by Crippen LogP contribution is -2.55. The lowest BCUT2D eigenvalue weighted by molar-refractivity contribution is -0.345. The third kappa shape index (κ3) is 3.21. The number of carbonyl (C=O) groups excluding carboxylic acids is 1. The summed E-state index contributed by atoms with van der Waals surface area (Å²) < 4.78 is 98.0. The minimum atomic E-state index is -5.86. The van der Waals surface area contributed by atoms with Crippen molar-refractivity contribution in [3.05, 3.63) is 0 Å². The van der Waals surface area contributed by atoms with Crippen LogP contribution in [0.5, 0.6) is 0 Å². The van der Waals surface area contributed by atoms with Crippen LogP contribution in [0, 0.1) is 16.7 Å². The highest BCUT2D eigenvalue weighted by atomic mass is 19.4. The lowest BCUT2D eigenvalue weighted by atomic mass is 9.70. The highest BCUT2D eigenvalue weighted by Crippen LogP contribution is 2.67. The molecule has 4 unspecified atom stereocenters. The van der Waals surface area contributed by atoms with Gasteiger partial charge in [0.15, 0.2) is 6.61 Å². The molecule has 0 aromatic heterocycles. The van der Waals surface area contributed by atoms with Crippen molar-refractivity contribution in [2.24, 2.45) is 16.7 Å². The maximum Gasteiger partial charge on any atom is 0.460 e. The highest BCUT2D eigenvalue weighted by Gasteiger charge is 2.70. The second-order valence-corrected chi connectivity index (χ2v) is 7.50. The molecule has 0 N–H and O–H groups in total. The molecule has 146 valence electrons. The first-order valence-electron chi connectivity index (χ1n) is 7.72. The van der Waals surface area contributed by atoms with Crippen molar-refractivity contribution >= 4 is 5.97 Å². The van der Waals surface area contributed by atoms with Gasteiger partial charge >= 0.3 is 24.2 Å². The molecule has 0 aromatic carbocycles. The Morgan fingerprint density at radius 3 is 2.00 bits per heavy atom. The molecule has 4 atom stereocenters. The highest BCUT2D eigenvalue weighted by molar-refractivity contribution is 5.79. The quantitative estimate of drug-likeness (QED) is 0.530. The Morgan fingerprint density at radius 2 is 1.64 bits per heavy atom. The maximum absolute atomic E-state index is 14.5. The summed E-state index contributed by atoms with van der Waals surface area (Å²) in [5, 5.41) is 0. The number of alkyl halides is 7. The monoisotopic (exact) mass is 380 g/mol. The first-order chi connectivity index (χ1) is 11.0. The molecule has 0 saturated heterocycles. The minimum absolute atomic E-state index is 0.0221. The predicted octanol–water partition coefficient (Wildman–Crippen LogP) is 4.55. The van der Waals surface area contributed by atoms with Crippen LogP contribution in [0.2, 0.25) is 0 Å². The number of halogens is 7. The summed E-state index contributed by atoms with van der Waals surface area (Å²) in [4.78, 5) is 11.5. The first-order valence-corrected chi connectivity index (χ1v) is 7.72. The minimum Gasteiger partial charge on any atom is -0.452 e. The molecule has 0 aliphatic heterocycles. The van der Waals surface area contributed by atoms with Crippen LogP contribution in [0.3, 0.4) is 0 Å². The Hall–Kier alpha value is -1.06. The Labute approximate surface area is 139 Å². The normalized spacial score (nSPS) is 34.0. The molecule has 0 heterocycles. The van der Waals surface area contributed by atoms with Gasteiger partial charge in [0, 0.05) is 0 Å². The van der Waals surface area contributed by atoms with Crippen molar-refractivity contribution < 1.29 is 45.0 Å². The van der Waals surface area contributed by atoms with E-state index in [0.717, 1.165) is 6.42 Å². The van der Waals surface area contributed by atoms with Crippen molar-refractivity contribution in [3.63, 3.8) is 0 Å². The summed E-state index contributed by atoms with van der Waals surface area (Å²) in [6.45, 7) is 2.96. The molecule has 3 nitrogen and oxygen atoms in total. The molecule has 2 bridgehead atoms. The van der Waals surface area contributed by atoms with Crippen LogP contribution in [-0.4, -0.2) is 36.9 Å². The Morgan fingerprint density at radius 1 is 1.08 bits per heavy atom. The molecule has 2 rings (SSSR count). The van der Waals surface area contributed by atoms with E-state index in [9.17, 15) is 35.5 Å². The van der Waals surface area contributed by atoms with Crippen molar-refractivity contribution in [2.45, 2.75) is 64.3 Å². The van der Waals surface area contributed by atoms with Crippen LogP contribution in [0.4, 0.5) is 30.7 Å². The van der Waals surface area contributed by atoms with Gasteiger partial charge in [-0.3, -0.25) is 0 Å². The number of hydrogen-bond donors (Lipinski definition) is 0. The van der Waals surface area contributed by atoms with E-state index in [1.165, 1.54) is 0 Å². The van der Waals surface area contributed by atoms with Gasteiger partial charge in [0.05, 0.1) is 6.10 Å². The Bertz CT molecular complexity index is 542. The first kappa shape index (κ1) is 20.3. The third-order valence-electron chi connectivity index (χ3n) is 6.01. The fourth-order valence-electron chi connectivity index (χ4n) is 3.98. The SMILES string of the molecule is CC1(C)C2CCC1(C)C(OC(F)(C(=O)OCC(F)(F)F)C(F)(F)F)C2. The molecular weight excluding hydrogens is 361 g/mol. The average molecular weight is 380 g/mol. The van der Waals surface area contributed by atoms with Crippen molar-refractivity contribution in [1.29, 1.82) is 0 Å². The van der Waals surface area contributed by atoms with E-state index in [0.29, 0.717) is 6.42 Å². The fraction of sp³-hybridized carbons (Fsp3) is 0.933. The molecule has 10 heteroatoms. The smallest absolute Gasteiger partial charge is 0.452 e. The largest absolute Gasteiger partial charge is 0.460 e. The zero-order chi connectivity index (χ0) is 19.5. The molecule has 0 amide bonds. The standard InChI is InChI=1S/C15H19F7O3/c1-11(2)8-4-5-12(11,3)9(6-8)25-14(19,15(20,21)22)10(23)24-7-13(16,17)18/h8-9H,4-7H2,1-3H3. The summed E-state index contributed by atoms with van der Waals surface area (Å²) >= 11 is 0. The van der Waals surface area contributed by atoms with Crippen molar-refractivity contribution in [3.8, 4) is 0 Å². The number of fused-ring (bicyclic) bond motifs is 2. The molecule has 2 aliphatic rings. The van der Waals surface area contributed by atoms with E-state index in [4.69, 9.17) is 0 Å². The van der Waals surface area contributed by atoms with Crippen molar-refractivity contribution in [2.75, 3.05) is 6.61 Å². The molecule has 0 spiro atoms. The fourth-order valence-corrected chi connectivity index (χ4v) is 3.98. The van der Waals surface area contributed by atoms with E-state index >= 15 is 0 Å². The molecule has 2 fully saturated rings. The maximum atomic E-state index is 14.5. The van der Waals surface area contributed by atoms with E-state index < -0.39 is 47.7 Å². The number of carbonyl (C=O) groups is 1. The summed E-state index contributed by atoms with van der Waals surface area (Å²) in [5.74, 6) is -7.69. The van der Waals surface area contributed by atoms with Gasteiger partial charge in [0.2, 0.25) is 0 Å². The van der Waals surface area contributed by atoms with Gasteiger partial charge in [-0.05, 0) is 36.0 Å². The van der Waals surface area contributed by atoms with Crippen LogP contribution in [0.25, 0.3) is 0 Å². The lowest BCUT2D eigenvalue weighted by Gasteiger charge is -2.41. The molecule has 2 saturated carbocycles. The predicted molar refractivity (Wildman–Crippen MR) is 71.0 cm³/mol. The summed E-state index contributed by atoms with van der Waals surface area (Å²) in [5.41, 5.74) is -1.27. The Balaban J connectivity index is 2.24. The second-order valence-electron chi connectivity index (χ2n) is 7.50. The van der Waals surface area contributed by atoms with Crippen LogP contribution in [0.15, 0.2) is 0 Å². The van der Waals surface area contributed by atoms with Crippen LogP contribution in [-0.2, 0) is 14.3 Å². The van der Waals surface area contributed by atoms with Gasteiger partial charge in [-0.15, -0.1) is 0 Å².